The number of nitrogens with zero attached hydrogens (tertiary/aromatic N) is 1. The third kappa shape index (κ3) is 1.75. The smallest absolute Gasteiger partial charge is 0.306 e. The summed E-state index contributed by atoms with van der Waals surface area (Å²) in [5, 5.41) is 8.71. The first-order valence-electron chi connectivity index (χ1n) is 4.09. The van der Waals surface area contributed by atoms with Gasteiger partial charge in [0.25, 0.3) is 0 Å². The zero-order valence-electron chi connectivity index (χ0n) is 7.06. The number of carbonyl (C=O) groups excluding carboxylic acids is 1. The molecule has 0 aromatic carbocycles. The molecule has 0 saturated carbocycles. The van der Waals surface area contributed by atoms with Crippen LogP contribution >= 0.6 is 0 Å². The molecule has 0 aliphatic carbocycles. The van der Waals surface area contributed by atoms with Crippen molar-refractivity contribution >= 4 is 12.4 Å². The van der Waals surface area contributed by atoms with Crippen molar-refractivity contribution in [2.24, 2.45) is 5.92 Å². The predicted molar refractivity (Wildman–Crippen MR) is 42.6 cm³/mol. The molecule has 0 spiro atoms. The first kappa shape index (κ1) is 9.03. The Balaban J connectivity index is 2.51. The third-order valence-electron chi connectivity index (χ3n) is 2.41. The van der Waals surface area contributed by atoms with Gasteiger partial charge in [-0.05, 0) is 19.8 Å². The van der Waals surface area contributed by atoms with Crippen LogP contribution in [0.15, 0.2) is 0 Å². The van der Waals surface area contributed by atoms with Crippen LogP contribution in [0.5, 0.6) is 0 Å². The maximum atomic E-state index is 10.6. The van der Waals surface area contributed by atoms with E-state index in [1.807, 2.05) is 6.92 Å². The van der Waals surface area contributed by atoms with Gasteiger partial charge in [0.05, 0.1) is 5.92 Å². The Morgan fingerprint density at radius 2 is 2.33 bits per heavy atom. The van der Waals surface area contributed by atoms with Gasteiger partial charge in [-0.3, -0.25) is 9.59 Å². The number of carbonyl (C=O) groups is 2. The largest absolute Gasteiger partial charge is 0.481 e. The topological polar surface area (TPSA) is 57.6 Å². The second-order valence-corrected chi connectivity index (χ2v) is 3.25. The molecule has 1 amide bonds. The summed E-state index contributed by atoms with van der Waals surface area (Å²) in [7, 11) is 0. The maximum absolute atomic E-state index is 10.6. The second-order valence-electron chi connectivity index (χ2n) is 3.25. The SMILES string of the molecule is CC1CC(C(=O)O)CCN1C=O. The highest BCUT2D eigenvalue weighted by Gasteiger charge is 2.28. The van der Waals surface area contributed by atoms with Crippen molar-refractivity contribution in [1.29, 1.82) is 0 Å². The highest BCUT2D eigenvalue weighted by molar-refractivity contribution is 5.70. The molecule has 1 fully saturated rings. The molecule has 2 unspecified atom stereocenters. The van der Waals surface area contributed by atoms with Crippen LogP contribution in [0.3, 0.4) is 0 Å². The fraction of sp³-hybridized carbons (Fsp3) is 0.750. The minimum Gasteiger partial charge on any atom is -0.481 e. The number of hydrogen-bond acceptors (Lipinski definition) is 2. The molecule has 0 aromatic heterocycles. The average molecular weight is 171 g/mol. The van der Waals surface area contributed by atoms with Gasteiger partial charge >= 0.3 is 5.97 Å². The summed E-state index contributed by atoms with van der Waals surface area (Å²) < 4.78 is 0. The number of piperidine rings is 1. The molecule has 68 valence electrons. The van der Waals surface area contributed by atoms with Gasteiger partial charge in [0.2, 0.25) is 6.41 Å². The van der Waals surface area contributed by atoms with Crippen LogP contribution in [-0.2, 0) is 9.59 Å². The average Bonchev–Trinajstić information content (AvgIpc) is 2.04. The van der Waals surface area contributed by atoms with Crippen LogP contribution in [0, 0.1) is 5.92 Å². The van der Waals surface area contributed by atoms with E-state index >= 15 is 0 Å². The van der Waals surface area contributed by atoms with Gasteiger partial charge in [0.15, 0.2) is 0 Å². The lowest BCUT2D eigenvalue weighted by molar-refractivity contribution is -0.145. The second kappa shape index (κ2) is 3.56. The Bertz CT molecular complexity index is 193. The number of amides is 1. The highest BCUT2D eigenvalue weighted by Crippen LogP contribution is 2.21. The molecule has 1 aliphatic heterocycles. The van der Waals surface area contributed by atoms with Gasteiger partial charge in [-0.15, -0.1) is 0 Å². The minimum absolute atomic E-state index is 0.0670. The lowest BCUT2D eigenvalue weighted by atomic mass is 9.92. The van der Waals surface area contributed by atoms with E-state index in [1.54, 1.807) is 4.90 Å². The van der Waals surface area contributed by atoms with E-state index < -0.39 is 5.97 Å². The van der Waals surface area contributed by atoms with Crippen molar-refractivity contribution in [1.82, 2.24) is 4.90 Å². The summed E-state index contributed by atoms with van der Waals surface area (Å²) in [5.41, 5.74) is 0. The van der Waals surface area contributed by atoms with Gasteiger partial charge in [-0.25, -0.2) is 0 Å². The summed E-state index contributed by atoms with van der Waals surface area (Å²) in [5.74, 6) is -1.01. The van der Waals surface area contributed by atoms with Gasteiger partial charge in [-0.2, -0.15) is 0 Å². The summed E-state index contributed by atoms with van der Waals surface area (Å²) in [4.78, 5) is 22.7. The quantitative estimate of drug-likeness (QED) is 0.609. The molecule has 1 saturated heterocycles. The molecule has 0 radical (unpaired) electrons. The monoisotopic (exact) mass is 171 g/mol. The summed E-state index contributed by atoms with van der Waals surface area (Å²) >= 11 is 0. The zero-order chi connectivity index (χ0) is 9.14. The number of carboxylic acids is 1. The van der Waals surface area contributed by atoms with Crippen LogP contribution in [0.1, 0.15) is 19.8 Å². The molecular formula is C8H13NO3. The first-order chi connectivity index (χ1) is 5.65. The fourth-order valence-corrected chi connectivity index (χ4v) is 1.57. The Morgan fingerprint density at radius 3 is 2.75 bits per heavy atom. The van der Waals surface area contributed by atoms with E-state index in [-0.39, 0.29) is 12.0 Å². The van der Waals surface area contributed by atoms with Gasteiger partial charge in [0.1, 0.15) is 0 Å². The summed E-state index contributed by atoms with van der Waals surface area (Å²) in [6, 6.07) is 0.0670. The minimum atomic E-state index is -0.743. The van der Waals surface area contributed by atoms with E-state index in [0.717, 1.165) is 6.41 Å². The van der Waals surface area contributed by atoms with Crippen molar-refractivity contribution in [3.05, 3.63) is 0 Å². The molecule has 1 rings (SSSR count). The van der Waals surface area contributed by atoms with Gasteiger partial charge < -0.3 is 10.0 Å². The van der Waals surface area contributed by atoms with Crippen LogP contribution in [0.2, 0.25) is 0 Å². The molecule has 4 heteroatoms. The van der Waals surface area contributed by atoms with Crippen LogP contribution in [0.4, 0.5) is 0 Å². The van der Waals surface area contributed by atoms with Crippen LogP contribution < -0.4 is 0 Å². The van der Waals surface area contributed by atoms with Crippen molar-refractivity contribution in [2.45, 2.75) is 25.8 Å². The number of likely N-dealkylation sites (tertiary alicyclic amines) is 1. The van der Waals surface area contributed by atoms with Crippen molar-refractivity contribution < 1.29 is 14.7 Å². The lowest BCUT2D eigenvalue weighted by Crippen LogP contribution is -2.41. The predicted octanol–water partition coefficient (Wildman–Crippen LogP) is 0.328. The zero-order valence-corrected chi connectivity index (χ0v) is 7.06. The fourth-order valence-electron chi connectivity index (χ4n) is 1.57. The lowest BCUT2D eigenvalue weighted by Gasteiger charge is -2.33. The number of aliphatic carboxylic acids is 1. The van der Waals surface area contributed by atoms with Gasteiger partial charge in [0, 0.05) is 12.6 Å². The number of hydrogen-bond donors (Lipinski definition) is 1. The van der Waals surface area contributed by atoms with Crippen LogP contribution in [0.25, 0.3) is 0 Å². The van der Waals surface area contributed by atoms with E-state index in [2.05, 4.69) is 0 Å². The Morgan fingerprint density at radius 1 is 1.67 bits per heavy atom. The van der Waals surface area contributed by atoms with Gasteiger partial charge in [-0.1, -0.05) is 0 Å². The molecule has 0 aromatic rings. The van der Waals surface area contributed by atoms with Crippen molar-refractivity contribution in [3.8, 4) is 0 Å². The highest BCUT2D eigenvalue weighted by atomic mass is 16.4. The van der Waals surface area contributed by atoms with Crippen molar-refractivity contribution in [2.75, 3.05) is 6.54 Å². The molecule has 12 heavy (non-hydrogen) atoms. The van der Waals surface area contributed by atoms with E-state index in [0.29, 0.717) is 19.4 Å². The van der Waals surface area contributed by atoms with Crippen molar-refractivity contribution in [3.63, 3.8) is 0 Å². The molecule has 1 aliphatic rings. The maximum Gasteiger partial charge on any atom is 0.306 e. The van der Waals surface area contributed by atoms with Crippen LogP contribution in [-0.4, -0.2) is 35.0 Å². The van der Waals surface area contributed by atoms with E-state index in [9.17, 15) is 9.59 Å². The van der Waals surface area contributed by atoms with E-state index in [1.165, 1.54) is 0 Å². The Kier molecular flexibility index (Phi) is 2.68. The Hall–Kier alpha value is -1.06. The molecule has 1 heterocycles. The van der Waals surface area contributed by atoms with E-state index in [4.69, 9.17) is 5.11 Å². The molecule has 1 N–H and O–H groups in total. The number of carboxylic acid groups (broad SMARTS) is 1. The molecule has 2 atom stereocenters. The molecule has 4 nitrogen and oxygen atoms in total. The standard InChI is InChI=1S/C8H13NO3/c1-6-4-7(8(11)12)2-3-9(6)5-10/h5-7H,2-4H2,1H3,(H,11,12). The Labute approximate surface area is 71.2 Å². The summed E-state index contributed by atoms with van der Waals surface area (Å²) in [6.45, 7) is 2.45. The normalized spacial score (nSPS) is 29.9. The first-order valence-corrected chi connectivity index (χ1v) is 4.09. The molecule has 0 bridgehead atoms. The third-order valence-corrected chi connectivity index (χ3v) is 2.41. The summed E-state index contributed by atoms with van der Waals surface area (Å²) in [6.07, 6.45) is 1.95. The molecular weight excluding hydrogens is 158 g/mol. The number of rotatable bonds is 2.